The van der Waals surface area contributed by atoms with Crippen molar-refractivity contribution >= 4 is 11.5 Å². The van der Waals surface area contributed by atoms with E-state index >= 15 is 0 Å². The molecule has 0 radical (unpaired) electrons. The molecule has 0 fully saturated rings. The maximum absolute atomic E-state index is 11.0. The molecule has 20 heavy (non-hydrogen) atoms. The highest BCUT2D eigenvalue weighted by atomic mass is 16.6. The van der Waals surface area contributed by atoms with Crippen molar-refractivity contribution in [3.05, 3.63) is 63.8 Å². The van der Waals surface area contributed by atoms with Crippen LogP contribution in [-0.2, 0) is 0 Å². The summed E-state index contributed by atoms with van der Waals surface area (Å²) < 4.78 is 0. The van der Waals surface area contributed by atoms with Crippen molar-refractivity contribution in [2.45, 2.75) is 13.0 Å². The topological polar surface area (TPSA) is 88.3 Å². The average Bonchev–Trinajstić information content (AvgIpc) is 2.45. The molecular formula is C14H15N3O3. The van der Waals surface area contributed by atoms with Crippen molar-refractivity contribution in [3.8, 4) is 0 Å². The number of benzene rings is 1. The van der Waals surface area contributed by atoms with Gasteiger partial charge in [0.15, 0.2) is 0 Å². The number of nitro groups is 1. The molecule has 1 atom stereocenters. The number of anilines is 1. The zero-order valence-corrected chi connectivity index (χ0v) is 11.0. The molecule has 1 aromatic carbocycles. The summed E-state index contributed by atoms with van der Waals surface area (Å²) in [5, 5.41) is 23.4. The molecule has 0 saturated carbocycles. The largest absolute Gasteiger partial charge is 0.394 e. The number of hydrogen-bond acceptors (Lipinski definition) is 5. The number of aromatic nitrogens is 1. The molecule has 104 valence electrons. The first-order valence-electron chi connectivity index (χ1n) is 6.16. The Morgan fingerprint density at radius 3 is 2.60 bits per heavy atom. The van der Waals surface area contributed by atoms with Crippen molar-refractivity contribution in [2.24, 2.45) is 0 Å². The number of nitrogens with one attached hydrogen (secondary N) is 1. The molecule has 6 nitrogen and oxygen atoms in total. The molecule has 0 bridgehead atoms. The van der Waals surface area contributed by atoms with E-state index in [4.69, 9.17) is 0 Å². The Balaban J connectivity index is 2.32. The van der Waals surface area contributed by atoms with Crippen LogP contribution in [0.1, 0.15) is 17.3 Å². The SMILES string of the molecule is Cc1ccc([N+](=O)[O-])c(NC(CO)c2ccccc2)n1. The van der Waals surface area contributed by atoms with Crippen molar-refractivity contribution < 1.29 is 10.0 Å². The number of nitrogens with zero attached hydrogens (tertiary/aromatic N) is 2. The van der Waals surface area contributed by atoms with Crippen LogP contribution < -0.4 is 5.32 Å². The van der Waals surface area contributed by atoms with Gasteiger partial charge in [-0.25, -0.2) is 4.98 Å². The van der Waals surface area contributed by atoms with E-state index in [-0.39, 0.29) is 18.1 Å². The normalized spacial score (nSPS) is 11.9. The van der Waals surface area contributed by atoms with E-state index < -0.39 is 11.0 Å². The number of hydrogen-bond donors (Lipinski definition) is 2. The summed E-state index contributed by atoms with van der Waals surface area (Å²) in [6.45, 7) is 1.57. The van der Waals surface area contributed by atoms with Crippen molar-refractivity contribution in [1.29, 1.82) is 0 Å². The minimum absolute atomic E-state index is 0.106. The molecule has 6 heteroatoms. The van der Waals surface area contributed by atoms with Crippen LogP contribution in [0.25, 0.3) is 0 Å². The molecule has 0 aliphatic carbocycles. The van der Waals surface area contributed by atoms with Crippen LogP contribution in [0.3, 0.4) is 0 Å². The second-order valence-electron chi connectivity index (χ2n) is 4.37. The lowest BCUT2D eigenvalue weighted by Gasteiger charge is -2.17. The molecule has 1 heterocycles. The van der Waals surface area contributed by atoms with E-state index in [9.17, 15) is 15.2 Å². The smallest absolute Gasteiger partial charge is 0.311 e. The fourth-order valence-electron chi connectivity index (χ4n) is 1.89. The van der Waals surface area contributed by atoms with E-state index in [0.717, 1.165) is 5.56 Å². The van der Waals surface area contributed by atoms with Crippen LogP contribution in [0.15, 0.2) is 42.5 Å². The van der Waals surface area contributed by atoms with Crippen molar-refractivity contribution in [2.75, 3.05) is 11.9 Å². The second-order valence-corrected chi connectivity index (χ2v) is 4.37. The predicted molar refractivity (Wildman–Crippen MR) is 75.5 cm³/mol. The Morgan fingerprint density at radius 2 is 2.00 bits per heavy atom. The minimum atomic E-state index is -0.492. The minimum Gasteiger partial charge on any atom is -0.394 e. The predicted octanol–water partition coefficient (Wildman–Crippen LogP) is 2.44. The summed E-state index contributed by atoms with van der Waals surface area (Å²) in [7, 11) is 0. The summed E-state index contributed by atoms with van der Waals surface area (Å²) in [5.74, 6) is 0.165. The van der Waals surface area contributed by atoms with Gasteiger partial charge in [0, 0.05) is 11.8 Å². The van der Waals surface area contributed by atoms with Gasteiger partial charge >= 0.3 is 5.69 Å². The van der Waals surface area contributed by atoms with Crippen LogP contribution in [0.5, 0.6) is 0 Å². The highest BCUT2D eigenvalue weighted by molar-refractivity contribution is 5.57. The van der Waals surface area contributed by atoms with Crippen LogP contribution in [0, 0.1) is 17.0 Å². The van der Waals surface area contributed by atoms with Gasteiger partial charge < -0.3 is 10.4 Å². The van der Waals surface area contributed by atoms with Crippen molar-refractivity contribution in [1.82, 2.24) is 4.98 Å². The third-order valence-corrected chi connectivity index (χ3v) is 2.91. The number of aliphatic hydroxyl groups excluding tert-OH is 1. The van der Waals surface area contributed by atoms with Gasteiger partial charge in [0.05, 0.1) is 17.6 Å². The van der Waals surface area contributed by atoms with Gasteiger partial charge in [-0.05, 0) is 18.6 Å². The third kappa shape index (κ3) is 3.10. The highest BCUT2D eigenvalue weighted by Gasteiger charge is 2.19. The maximum atomic E-state index is 11.0. The van der Waals surface area contributed by atoms with Gasteiger partial charge in [0.2, 0.25) is 5.82 Å². The van der Waals surface area contributed by atoms with Crippen LogP contribution in [0.2, 0.25) is 0 Å². The molecule has 2 rings (SSSR count). The van der Waals surface area contributed by atoms with Crippen LogP contribution in [-0.4, -0.2) is 21.6 Å². The molecule has 0 amide bonds. The van der Waals surface area contributed by atoms with Crippen molar-refractivity contribution in [3.63, 3.8) is 0 Å². The van der Waals surface area contributed by atoms with E-state index in [1.807, 2.05) is 30.3 Å². The Bertz CT molecular complexity index is 602. The zero-order chi connectivity index (χ0) is 14.5. The maximum Gasteiger partial charge on any atom is 0.311 e. The average molecular weight is 273 g/mol. The summed E-state index contributed by atoms with van der Waals surface area (Å²) in [6.07, 6.45) is 0. The Kier molecular flexibility index (Phi) is 4.27. The summed E-state index contributed by atoms with van der Waals surface area (Å²) in [5.41, 5.74) is 1.40. The Morgan fingerprint density at radius 1 is 1.30 bits per heavy atom. The molecule has 2 N–H and O–H groups in total. The molecule has 2 aromatic rings. The summed E-state index contributed by atoms with van der Waals surface area (Å²) >= 11 is 0. The molecule has 0 aliphatic rings. The quantitative estimate of drug-likeness (QED) is 0.645. The van der Waals surface area contributed by atoms with Gasteiger partial charge in [-0.1, -0.05) is 30.3 Å². The second kappa shape index (κ2) is 6.12. The lowest BCUT2D eigenvalue weighted by Crippen LogP contribution is -2.16. The molecular weight excluding hydrogens is 258 g/mol. The van der Waals surface area contributed by atoms with E-state index in [0.29, 0.717) is 5.69 Å². The zero-order valence-electron chi connectivity index (χ0n) is 11.0. The monoisotopic (exact) mass is 273 g/mol. The number of pyridine rings is 1. The highest BCUT2D eigenvalue weighted by Crippen LogP contribution is 2.26. The standard InChI is InChI=1S/C14H15N3O3/c1-10-7-8-13(17(19)20)14(15-10)16-12(9-18)11-5-3-2-4-6-11/h2-8,12,18H,9H2,1H3,(H,15,16). The summed E-state index contributed by atoms with van der Waals surface area (Å²) in [6, 6.07) is 11.8. The van der Waals surface area contributed by atoms with Crippen LogP contribution >= 0.6 is 0 Å². The molecule has 0 aliphatic heterocycles. The first-order valence-corrected chi connectivity index (χ1v) is 6.16. The molecule has 1 aromatic heterocycles. The summed E-state index contributed by atoms with van der Waals surface area (Å²) in [4.78, 5) is 14.7. The van der Waals surface area contributed by atoms with E-state index in [1.165, 1.54) is 6.07 Å². The van der Waals surface area contributed by atoms with Gasteiger partial charge in [-0.3, -0.25) is 10.1 Å². The molecule has 1 unspecified atom stereocenters. The lowest BCUT2D eigenvalue weighted by molar-refractivity contribution is -0.384. The number of rotatable bonds is 5. The fraction of sp³-hybridized carbons (Fsp3) is 0.214. The first-order chi connectivity index (χ1) is 9.61. The first kappa shape index (κ1) is 14.0. The van der Waals surface area contributed by atoms with E-state index in [2.05, 4.69) is 10.3 Å². The Hall–Kier alpha value is -2.47. The van der Waals surface area contributed by atoms with Gasteiger partial charge in [-0.2, -0.15) is 0 Å². The van der Waals surface area contributed by atoms with Gasteiger partial charge in [0.25, 0.3) is 0 Å². The third-order valence-electron chi connectivity index (χ3n) is 2.91. The number of aliphatic hydroxyl groups is 1. The number of aryl methyl sites for hydroxylation is 1. The fourth-order valence-corrected chi connectivity index (χ4v) is 1.89. The van der Waals surface area contributed by atoms with Gasteiger partial charge in [0.1, 0.15) is 0 Å². The molecule has 0 spiro atoms. The van der Waals surface area contributed by atoms with Gasteiger partial charge in [-0.15, -0.1) is 0 Å². The lowest BCUT2D eigenvalue weighted by atomic mass is 10.1. The molecule has 0 saturated heterocycles. The van der Waals surface area contributed by atoms with E-state index in [1.54, 1.807) is 13.0 Å². The Labute approximate surface area is 116 Å². The van der Waals surface area contributed by atoms with Crippen LogP contribution in [0.4, 0.5) is 11.5 Å².